The lowest BCUT2D eigenvalue weighted by Gasteiger charge is -2.25. The van der Waals surface area contributed by atoms with Crippen LogP contribution in [-0.2, 0) is 14.8 Å². The molecule has 1 atom stereocenters. The summed E-state index contributed by atoms with van der Waals surface area (Å²) in [6.07, 6.45) is 0. The molecule has 0 saturated carbocycles. The first-order chi connectivity index (χ1) is 14.7. The van der Waals surface area contributed by atoms with Gasteiger partial charge in [0.25, 0.3) is 10.0 Å². The highest BCUT2D eigenvalue weighted by molar-refractivity contribution is 7.92. The third kappa shape index (κ3) is 5.30. The van der Waals surface area contributed by atoms with Crippen LogP contribution in [0.15, 0.2) is 77.7 Å². The topological polar surface area (TPSA) is 66.5 Å². The second-order valence-corrected chi connectivity index (χ2v) is 9.31. The van der Waals surface area contributed by atoms with Crippen LogP contribution in [0.5, 0.6) is 0 Å². The molecule has 7 heteroatoms. The monoisotopic (exact) mass is 440 g/mol. The van der Waals surface area contributed by atoms with Crippen LogP contribution in [0.4, 0.5) is 10.1 Å². The van der Waals surface area contributed by atoms with E-state index in [-0.39, 0.29) is 16.6 Å². The van der Waals surface area contributed by atoms with E-state index in [0.29, 0.717) is 0 Å². The van der Waals surface area contributed by atoms with E-state index in [4.69, 9.17) is 0 Å². The maximum atomic E-state index is 13.4. The molecule has 0 saturated heterocycles. The Balaban J connectivity index is 1.88. The zero-order valence-corrected chi connectivity index (χ0v) is 18.5. The Morgan fingerprint density at radius 2 is 1.65 bits per heavy atom. The molecular weight excluding hydrogens is 415 g/mol. The van der Waals surface area contributed by atoms with Gasteiger partial charge in [0.15, 0.2) is 0 Å². The van der Waals surface area contributed by atoms with Crippen LogP contribution in [0.1, 0.15) is 29.7 Å². The molecule has 0 aliphatic rings. The molecule has 162 valence electrons. The number of amides is 1. The van der Waals surface area contributed by atoms with Crippen molar-refractivity contribution in [1.82, 2.24) is 5.32 Å². The van der Waals surface area contributed by atoms with E-state index >= 15 is 0 Å². The summed E-state index contributed by atoms with van der Waals surface area (Å²) in [4.78, 5) is 12.9. The largest absolute Gasteiger partial charge is 0.348 e. The number of rotatable bonds is 7. The average Bonchev–Trinajstić information content (AvgIpc) is 2.73. The number of nitrogens with zero attached hydrogens (tertiary/aromatic N) is 1. The number of carbonyl (C=O) groups is 1. The maximum absolute atomic E-state index is 13.4. The van der Waals surface area contributed by atoms with Crippen molar-refractivity contribution in [3.05, 3.63) is 95.3 Å². The van der Waals surface area contributed by atoms with Gasteiger partial charge < -0.3 is 5.32 Å². The number of halogens is 1. The van der Waals surface area contributed by atoms with Crippen molar-refractivity contribution >= 4 is 21.6 Å². The molecule has 31 heavy (non-hydrogen) atoms. The fourth-order valence-electron chi connectivity index (χ4n) is 3.45. The van der Waals surface area contributed by atoms with Gasteiger partial charge in [0.05, 0.1) is 16.6 Å². The quantitative estimate of drug-likeness (QED) is 0.588. The Kier molecular flexibility index (Phi) is 6.75. The molecule has 1 N–H and O–H groups in total. The molecule has 0 unspecified atom stereocenters. The summed E-state index contributed by atoms with van der Waals surface area (Å²) < 4.78 is 40.9. The van der Waals surface area contributed by atoms with Crippen LogP contribution < -0.4 is 9.62 Å². The first-order valence-electron chi connectivity index (χ1n) is 9.88. The highest BCUT2D eigenvalue weighted by Crippen LogP contribution is 2.24. The van der Waals surface area contributed by atoms with Crippen LogP contribution in [0.25, 0.3) is 0 Å². The Labute approximate surface area is 182 Å². The van der Waals surface area contributed by atoms with Gasteiger partial charge in [-0.2, -0.15) is 0 Å². The summed E-state index contributed by atoms with van der Waals surface area (Å²) in [5.41, 5.74) is 3.33. The summed E-state index contributed by atoms with van der Waals surface area (Å²) in [6, 6.07) is 18.5. The van der Waals surface area contributed by atoms with E-state index < -0.39 is 28.3 Å². The van der Waals surface area contributed by atoms with Crippen molar-refractivity contribution < 1.29 is 17.6 Å². The number of hydrogen-bond acceptors (Lipinski definition) is 3. The molecule has 0 heterocycles. The highest BCUT2D eigenvalue weighted by Gasteiger charge is 2.27. The predicted octanol–water partition coefficient (Wildman–Crippen LogP) is 4.52. The van der Waals surface area contributed by atoms with E-state index in [2.05, 4.69) is 5.32 Å². The van der Waals surface area contributed by atoms with Gasteiger partial charge in [-0.25, -0.2) is 12.8 Å². The van der Waals surface area contributed by atoms with Gasteiger partial charge in [-0.05, 0) is 68.3 Å². The molecule has 0 aromatic heterocycles. The number of carbonyl (C=O) groups excluding carboxylic acids is 1. The average molecular weight is 441 g/mol. The van der Waals surface area contributed by atoms with Crippen LogP contribution in [0, 0.1) is 19.7 Å². The zero-order valence-electron chi connectivity index (χ0n) is 17.7. The molecule has 0 aliphatic carbocycles. The van der Waals surface area contributed by atoms with Crippen molar-refractivity contribution in [2.75, 3.05) is 10.8 Å². The number of hydrogen-bond donors (Lipinski definition) is 1. The molecule has 0 spiro atoms. The minimum Gasteiger partial charge on any atom is -0.348 e. The lowest BCUT2D eigenvalue weighted by Crippen LogP contribution is -2.41. The van der Waals surface area contributed by atoms with Gasteiger partial charge in [0.1, 0.15) is 12.4 Å². The SMILES string of the molecule is Cc1ccc([C@H](C)NC(=O)CN(c2ccc(F)cc2)S(=O)(=O)c2ccccc2)c(C)c1. The first kappa shape index (κ1) is 22.5. The molecule has 0 fully saturated rings. The molecule has 5 nitrogen and oxygen atoms in total. The summed E-state index contributed by atoms with van der Waals surface area (Å²) in [6.45, 7) is 5.38. The Hall–Kier alpha value is -3.19. The number of aryl methyl sites for hydroxylation is 2. The summed E-state index contributed by atoms with van der Waals surface area (Å²) in [5.74, 6) is -0.954. The van der Waals surface area contributed by atoms with Gasteiger partial charge in [0, 0.05) is 0 Å². The van der Waals surface area contributed by atoms with Crippen molar-refractivity contribution in [2.24, 2.45) is 0 Å². The van der Waals surface area contributed by atoms with E-state index in [1.165, 1.54) is 36.4 Å². The second kappa shape index (κ2) is 9.31. The number of anilines is 1. The maximum Gasteiger partial charge on any atom is 0.264 e. The van der Waals surface area contributed by atoms with Crippen LogP contribution in [-0.4, -0.2) is 20.9 Å². The third-order valence-electron chi connectivity index (χ3n) is 5.00. The Morgan fingerprint density at radius 1 is 1.00 bits per heavy atom. The van der Waals surface area contributed by atoms with Crippen LogP contribution >= 0.6 is 0 Å². The van der Waals surface area contributed by atoms with Crippen LogP contribution in [0.2, 0.25) is 0 Å². The third-order valence-corrected chi connectivity index (χ3v) is 6.79. The van der Waals surface area contributed by atoms with Crippen molar-refractivity contribution in [3.63, 3.8) is 0 Å². The van der Waals surface area contributed by atoms with Crippen molar-refractivity contribution in [3.8, 4) is 0 Å². The van der Waals surface area contributed by atoms with E-state index in [9.17, 15) is 17.6 Å². The molecule has 0 aliphatic heterocycles. The number of nitrogens with one attached hydrogen (secondary N) is 1. The van der Waals surface area contributed by atoms with Gasteiger partial charge in [-0.1, -0.05) is 42.0 Å². The van der Waals surface area contributed by atoms with Crippen molar-refractivity contribution in [1.29, 1.82) is 0 Å². The predicted molar refractivity (Wildman–Crippen MR) is 120 cm³/mol. The minimum atomic E-state index is -4.03. The molecule has 3 aromatic carbocycles. The second-order valence-electron chi connectivity index (χ2n) is 7.45. The standard InChI is InChI=1S/C24H25FN2O3S/c1-17-9-14-23(18(2)15-17)19(3)26-24(28)16-27(21-12-10-20(25)11-13-21)31(29,30)22-7-5-4-6-8-22/h4-15,19H,16H2,1-3H3,(H,26,28)/t19-/m0/s1. The lowest BCUT2D eigenvalue weighted by molar-refractivity contribution is -0.120. The summed E-state index contributed by atoms with van der Waals surface area (Å²) in [5, 5.41) is 2.87. The van der Waals surface area contributed by atoms with Gasteiger partial charge in [-0.3, -0.25) is 9.10 Å². The van der Waals surface area contributed by atoms with E-state index in [0.717, 1.165) is 21.0 Å². The van der Waals surface area contributed by atoms with E-state index in [1.54, 1.807) is 18.2 Å². The lowest BCUT2D eigenvalue weighted by atomic mass is 10.0. The molecule has 3 rings (SSSR count). The fraction of sp³-hybridized carbons (Fsp3) is 0.208. The minimum absolute atomic E-state index is 0.0505. The normalized spacial score (nSPS) is 12.3. The number of benzene rings is 3. The van der Waals surface area contributed by atoms with Crippen molar-refractivity contribution in [2.45, 2.75) is 31.7 Å². The van der Waals surface area contributed by atoms with Gasteiger partial charge >= 0.3 is 0 Å². The molecule has 0 radical (unpaired) electrons. The molecule has 1 amide bonds. The Morgan fingerprint density at radius 3 is 2.26 bits per heavy atom. The zero-order chi connectivity index (χ0) is 22.6. The molecule has 0 bridgehead atoms. The molecule has 3 aromatic rings. The van der Waals surface area contributed by atoms with Gasteiger partial charge in [-0.15, -0.1) is 0 Å². The smallest absolute Gasteiger partial charge is 0.264 e. The summed E-state index contributed by atoms with van der Waals surface area (Å²) in [7, 11) is -4.03. The summed E-state index contributed by atoms with van der Waals surface area (Å²) >= 11 is 0. The van der Waals surface area contributed by atoms with E-state index in [1.807, 2.05) is 39.0 Å². The first-order valence-corrected chi connectivity index (χ1v) is 11.3. The Bertz CT molecular complexity index is 1160. The highest BCUT2D eigenvalue weighted by atomic mass is 32.2. The number of sulfonamides is 1. The van der Waals surface area contributed by atoms with Crippen LogP contribution in [0.3, 0.4) is 0 Å². The molecular formula is C24H25FN2O3S. The van der Waals surface area contributed by atoms with Gasteiger partial charge in [0.2, 0.25) is 5.91 Å². The fourth-order valence-corrected chi connectivity index (χ4v) is 4.89.